The Morgan fingerprint density at radius 1 is 1.57 bits per heavy atom. The maximum absolute atomic E-state index is 13.4. The molecule has 0 radical (unpaired) electrons. The number of nitrogens with two attached hydrogens (primary N) is 1. The molecule has 0 amide bonds. The van der Waals surface area contributed by atoms with E-state index >= 15 is 0 Å². The highest BCUT2D eigenvalue weighted by atomic mass is 79.9. The Bertz CT molecular complexity index is 355. The molecule has 0 aliphatic rings. The minimum absolute atomic E-state index is 0.218. The third-order valence-electron chi connectivity index (χ3n) is 1.79. The number of benzene rings is 1. The highest BCUT2D eigenvalue weighted by Crippen LogP contribution is 2.35. The molecule has 3 nitrogen and oxygen atoms in total. The largest absolute Gasteiger partial charge is 0.504 e. The van der Waals surface area contributed by atoms with Crippen molar-refractivity contribution in [1.29, 1.82) is 0 Å². The average Bonchev–Trinajstić information content (AvgIpc) is 2.09. The summed E-state index contributed by atoms with van der Waals surface area (Å²) in [6.45, 7) is 1.73. The lowest BCUT2D eigenvalue weighted by Gasteiger charge is -2.10. The smallest absolute Gasteiger partial charge is 0.194 e. The zero-order valence-corrected chi connectivity index (χ0v) is 9.18. The lowest BCUT2D eigenvalue weighted by Crippen LogP contribution is -2.18. The van der Waals surface area contributed by atoms with E-state index < -0.39 is 17.3 Å². The molecule has 4 N–H and O–H groups in total. The lowest BCUT2D eigenvalue weighted by atomic mass is 10.1. The van der Waals surface area contributed by atoms with Crippen LogP contribution in [0.1, 0.15) is 12.5 Å². The second kappa shape index (κ2) is 4.14. The SMILES string of the molecule is CC(N)Cc1c(Br)cc(O)c(O)c1F. The van der Waals surface area contributed by atoms with Crippen molar-refractivity contribution in [3.63, 3.8) is 0 Å². The highest BCUT2D eigenvalue weighted by molar-refractivity contribution is 9.10. The van der Waals surface area contributed by atoms with Crippen LogP contribution in [0.2, 0.25) is 0 Å². The van der Waals surface area contributed by atoms with Gasteiger partial charge in [0.1, 0.15) is 0 Å². The fourth-order valence-corrected chi connectivity index (χ4v) is 1.70. The molecule has 1 rings (SSSR count). The maximum atomic E-state index is 13.4. The van der Waals surface area contributed by atoms with E-state index in [0.29, 0.717) is 10.9 Å². The molecule has 78 valence electrons. The Kier molecular flexibility index (Phi) is 3.34. The number of hydrogen-bond acceptors (Lipinski definition) is 3. The standard InChI is InChI=1S/C9H11BrFNO2/c1-4(12)2-5-6(10)3-7(13)9(14)8(5)11/h3-4,13-14H,2,12H2,1H3. The van der Waals surface area contributed by atoms with Crippen molar-refractivity contribution in [2.45, 2.75) is 19.4 Å². The van der Waals surface area contributed by atoms with E-state index in [1.165, 1.54) is 6.07 Å². The van der Waals surface area contributed by atoms with Crippen molar-refractivity contribution >= 4 is 15.9 Å². The number of hydrogen-bond donors (Lipinski definition) is 3. The first-order chi connectivity index (χ1) is 6.43. The van der Waals surface area contributed by atoms with Gasteiger partial charge in [-0.3, -0.25) is 0 Å². The van der Waals surface area contributed by atoms with Gasteiger partial charge in [0.15, 0.2) is 17.3 Å². The second-order valence-corrected chi connectivity index (χ2v) is 4.05. The van der Waals surface area contributed by atoms with Crippen LogP contribution in [0.5, 0.6) is 11.5 Å². The topological polar surface area (TPSA) is 66.5 Å². The summed E-state index contributed by atoms with van der Waals surface area (Å²) in [5, 5.41) is 18.2. The molecular formula is C9H11BrFNO2. The normalized spacial score (nSPS) is 12.9. The number of halogens is 2. The van der Waals surface area contributed by atoms with Crippen molar-refractivity contribution in [2.75, 3.05) is 0 Å². The summed E-state index contributed by atoms with van der Waals surface area (Å²) in [6.07, 6.45) is 0.292. The van der Waals surface area contributed by atoms with E-state index in [1.807, 2.05) is 0 Å². The van der Waals surface area contributed by atoms with Gasteiger partial charge in [-0.05, 0) is 19.4 Å². The highest BCUT2D eigenvalue weighted by Gasteiger charge is 2.16. The van der Waals surface area contributed by atoms with E-state index in [1.54, 1.807) is 6.92 Å². The quantitative estimate of drug-likeness (QED) is 0.714. The summed E-state index contributed by atoms with van der Waals surface area (Å²) >= 11 is 3.09. The van der Waals surface area contributed by atoms with Gasteiger partial charge in [0.05, 0.1) is 0 Å². The summed E-state index contributed by atoms with van der Waals surface area (Å²) in [5.74, 6) is -2.04. The zero-order chi connectivity index (χ0) is 10.9. The molecule has 0 spiro atoms. The van der Waals surface area contributed by atoms with Crippen LogP contribution in [-0.4, -0.2) is 16.3 Å². The van der Waals surface area contributed by atoms with Gasteiger partial charge in [-0.1, -0.05) is 15.9 Å². The summed E-state index contributed by atoms with van der Waals surface area (Å²) in [6, 6.07) is 1.03. The van der Waals surface area contributed by atoms with Gasteiger partial charge in [0, 0.05) is 16.1 Å². The molecule has 1 aromatic rings. The van der Waals surface area contributed by atoms with Crippen LogP contribution in [0.25, 0.3) is 0 Å². The predicted molar refractivity (Wildman–Crippen MR) is 54.8 cm³/mol. The van der Waals surface area contributed by atoms with Gasteiger partial charge in [-0.2, -0.15) is 0 Å². The monoisotopic (exact) mass is 263 g/mol. The molecule has 14 heavy (non-hydrogen) atoms. The van der Waals surface area contributed by atoms with Gasteiger partial charge in [-0.25, -0.2) is 4.39 Å². The lowest BCUT2D eigenvalue weighted by molar-refractivity contribution is 0.375. The van der Waals surface area contributed by atoms with Crippen LogP contribution in [0.3, 0.4) is 0 Å². The number of phenols is 2. The molecule has 0 saturated carbocycles. The molecule has 0 heterocycles. The minimum Gasteiger partial charge on any atom is -0.504 e. The third-order valence-corrected chi connectivity index (χ3v) is 2.50. The Labute approximate surface area is 89.5 Å². The maximum Gasteiger partial charge on any atom is 0.194 e. The van der Waals surface area contributed by atoms with Gasteiger partial charge < -0.3 is 15.9 Å². The first-order valence-corrected chi connectivity index (χ1v) is 4.87. The fourth-order valence-electron chi connectivity index (χ4n) is 1.14. The molecular weight excluding hydrogens is 253 g/mol. The van der Waals surface area contributed by atoms with E-state index in [0.717, 1.165) is 0 Å². The van der Waals surface area contributed by atoms with Crippen LogP contribution in [0, 0.1) is 5.82 Å². The van der Waals surface area contributed by atoms with Crippen molar-refractivity contribution in [1.82, 2.24) is 0 Å². The van der Waals surface area contributed by atoms with E-state index in [4.69, 9.17) is 15.9 Å². The molecule has 5 heteroatoms. The summed E-state index contributed by atoms with van der Waals surface area (Å²) in [4.78, 5) is 0. The molecule has 0 aromatic heterocycles. The summed E-state index contributed by atoms with van der Waals surface area (Å²) in [7, 11) is 0. The van der Waals surface area contributed by atoms with E-state index in [-0.39, 0.29) is 11.6 Å². The van der Waals surface area contributed by atoms with Gasteiger partial charge in [0.2, 0.25) is 0 Å². The fraction of sp³-hybridized carbons (Fsp3) is 0.333. The zero-order valence-electron chi connectivity index (χ0n) is 7.59. The van der Waals surface area contributed by atoms with Crippen LogP contribution in [-0.2, 0) is 6.42 Å². The Morgan fingerprint density at radius 2 is 2.14 bits per heavy atom. The van der Waals surface area contributed by atoms with Crippen molar-refractivity contribution < 1.29 is 14.6 Å². The Hall–Kier alpha value is -0.810. The second-order valence-electron chi connectivity index (χ2n) is 3.20. The van der Waals surface area contributed by atoms with Gasteiger partial charge in [-0.15, -0.1) is 0 Å². The predicted octanol–water partition coefficient (Wildman–Crippen LogP) is 1.89. The van der Waals surface area contributed by atoms with Crippen LogP contribution >= 0.6 is 15.9 Å². The summed E-state index contributed by atoms with van der Waals surface area (Å²) in [5.41, 5.74) is 5.79. The first-order valence-electron chi connectivity index (χ1n) is 4.08. The van der Waals surface area contributed by atoms with Gasteiger partial charge >= 0.3 is 0 Å². The Morgan fingerprint density at radius 3 is 2.64 bits per heavy atom. The number of phenolic OH excluding ortho intramolecular Hbond substituents is 2. The van der Waals surface area contributed by atoms with Crippen LogP contribution in [0.15, 0.2) is 10.5 Å². The minimum atomic E-state index is -0.825. The molecule has 1 aromatic carbocycles. The van der Waals surface area contributed by atoms with Crippen LogP contribution in [0.4, 0.5) is 4.39 Å². The van der Waals surface area contributed by atoms with Crippen LogP contribution < -0.4 is 5.73 Å². The average molecular weight is 264 g/mol. The van der Waals surface area contributed by atoms with E-state index in [2.05, 4.69) is 15.9 Å². The van der Waals surface area contributed by atoms with Crippen molar-refractivity contribution in [2.24, 2.45) is 5.73 Å². The van der Waals surface area contributed by atoms with E-state index in [9.17, 15) is 4.39 Å². The third kappa shape index (κ3) is 2.16. The molecule has 0 bridgehead atoms. The molecule has 1 atom stereocenters. The molecule has 1 unspecified atom stereocenters. The first kappa shape index (κ1) is 11.3. The molecule has 0 aliphatic carbocycles. The number of rotatable bonds is 2. The van der Waals surface area contributed by atoms with Crippen molar-refractivity contribution in [3.05, 3.63) is 21.9 Å². The molecule has 0 saturated heterocycles. The number of aromatic hydroxyl groups is 2. The Balaban J connectivity index is 3.22. The van der Waals surface area contributed by atoms with Crippen molar-refractivity contribution in [3.8, 4) is 11.5 Å². The summed E-state index contributed by atoms with van der Waals surface area (Å²) < 4.78 is 13.8. The van der Waals surface area contributed by atoms with Gasteiger partial charge in [0.25, 0.3) is 0 Å². The molecule has 0 aliphatic heterocycles. The molecule has 0 fully saturated rings.